The highest BCUT2D eigenvalue weighted by Gasteiger charge is 2.34. The number of hydrogen-bond donors (Lipinski definition) is 2. The molecule has 1 fully saturated rings. The molecular formula is C11H13NO. The average Bonchev–Trinajstić information content (AvgIpc) is 2.82. The van der Waals surface area contributed by atoms with Gasteiger partial charge in [-0.3, -0.25) is 0 Å². The fourth-order valence-corrected chi connectivity index (χ4v) is 1.20. The molecule has 68 valence electrons. The lowest BCUT2D eigenvalue weighted by Crippen LogP contribution is -2.17. The van der Waals surface area contributed by atoms with Crippen LogP contribution in [0.2, 0.25) is 0 Å². The van der Waals surface area contributed by atoms with Crippen molar-refractivity contribution in [2.24, 2.45) is 5.73 Å². The van der Waals surface area contributed by atoms with Crippen molar-refractivity contribution in [1.29, 1.82) is 0 Å². The maximum atomic E-state index is 9.19. The van der Waals surface area contributed by atoms with Gasteiger partial charge in [-0.15, -0.1) is 0 Å². The number of phenolic OH excluding ortho intramolecular Hbond substituents is 1. The van der Waals surface area contributed by atoms with Crippen molar-refractivity contribution in [2.75, 3.05) is 0 Å². The van der Waals surface area contributed by atoms with E-state index in [1.807, 2.05) is 24.3 Å². The molecule has 0 unspecified atom stereocenters. The second kappa shape index (κ2) is 2.89. The fraction of sp³-hybridized carbons (Fsp3) is 0.273. The number of benzene rings is 1. The molecule has 13 heavy (non-hydrogen) atoms. The standard InChI is InChI=1S/C11H13NO/c12-11(6-7-11)5-4-9-2-1-3-10(13)8-9/h1-5,8,13H,6-7,12H2/b5-4+. The van der Waals surface area contributed by atoms with Crippen LogP contribution in [-0.4, -0.2) is 10.6 Å². The fourth-order valence-electron chi connectivity index (χ4n) is 1.20. The maximum Gasteiger partial charge on any atom is 0.116 e. The van der Waals surface area contributed by atoms with Crippen molar-refractivity contribution in [3.8, 4) is 5.75 Å². The first-order valence-corrected chi connectivity index (χ1v) is 4.45. The Bertz CT molecular complexity index is 340. The minimum Gasteiger partial charge on any atom is -0.508 e. The van der Waals surface area contributed by atoms with Crippen molar-refractivity contribution >= 4 is 6.08 Å². The average molecular weight is 175 g/mol. The SMILES string of the molecule is NC1(/C=C/c2cccc(O)c2)CC1. The molecule has 0 spiro atoms. The number of hydrogen-bond acceptors (Lipinski definition) is 2. The highest BCUT2D eigenvalue weighted by molar-refractivity contribution is 5.53. The van der Waals surface area contributed by atoms with E-state index < -0.39 is 0 Å². The van der Waals surface area contributed by atoms with Gasteiger partial charge in [0, 0.05) is 5.54 Å². The summed E-state index contributed by atoms with van der Waals surface area (Å²) in [5, 5.41) is 9.19. The number of nitrogens with two attached hydrogens (primary N) is 1. The van der Waals surface area contributed by atoms with E-state index in [0.29, 0.717) is 5.75 Å². The Kier molecular flexibility index (Phi) is 1.85. The van der Waals surface area contributed by atoms with Gasteiger partial charge >= 0.3 is 0 Å². The first-order chi connectivity index (χ1) is 6.18. The Hall–Kier alpha value is -1.28. The van der Waals surface area contributed by atoms with E-state index in [1.54, 1.807) is 12.1 Å². The molecule has 0 radical (unpaired) electrons. The smallest absolute Gasteiger partial charge is 0.116 e. The van der Waals surface area contributed by atoms with Crippen LogP contribution in [0.15, 0.2) is 30.3 Å². The largest absolute Gasteiger partial charge is 0.508 e. The minimum absolute atomic E-state index is 0.0640. The maximum absolute atomic E-state index is 9.19. The van der Waals surface area contributed by atoms with Crippen molar-refractivity contribution < 1.29 is 5.11 Å². The van der Waals surface area contributed by atoms with Crippen LogP contribution in [0.25, 0.3) is 6.08 Å². The molecule has 1 aromatic rings. The van der Waals surface area contributed by atoms with Crippen molar-refractivity contribution in [3.05, 3.63) is 35.9 Å². The first kappa shape index (κ1) is 8.32. The molecule has 0 heterocycles. The van der Waals surface area contributed by atoms with Crippen LogP contribution >= 0.6 is 0 Å². The highest BCUT2D eigenvalue weighted by atomic mass is 16.3. The normalized spacial score (nSPS) is 19.2. The van der Waals surface area contributed by atoms with Gasteiger partial charge in [-0.2, -0.15) is 0 Å². The summed E-state index contributed by atoms with van der Waals surface area (Å²) in [5.41, 5.74) is 6.82. The Morgan fingerprint density at radius 3 is 2.77 bits per heavy atom. The Balaban J connectivity index is 2.13. The van der Waals surface area contributed by atoms with Gasteiger partial charge in [0.15, 0.2) is 0 Å². The zero-order valence-corrected chi connectivity index (χ0v) is 7.40. The molecule has 1 aliphatic carbocycles. The van der Waals surface area contributed by atoms with E-state index in [9.17, 15) is 5.11 Å². The molecule has 2 heteroatoms. The molecule has 2 nitrogen and oxygen atoms in total. The summed E-state index contributed by atoms with van der Waals surface area (Å²) in [6.45, 7) is 0. The van der Waals surface area contributed by atoms with Crippen LogP contribution in [0.4, 0.5) is 0 Å². The van der Waals surface area contributed by atoms with Crippen molar-refractivity contribution in [1.82, 2.24) is 0 Å². The zero-order chi connectivity index (χ0) is 9.31. The molecular weight excluding hydrogens is 162 g/mol. The molecule has 2 rings (SSSR count). The van der Waals surface area contributed by atoms with E-state index in [0.717, 1.165) is 18.4 Å². The monoisotopic (exact) mass is 175 g/mol. The van der Waals surface area contributed by atoms with Gasteiger partial charge in [0.2, 0.25) is 0 Å². The molecule has 3 N–H and O–H groups in total. The number of rotatable bonds is 2. The summed E-state index contributed by atoms with van der Waals surface area (Å²) < 4.78 is 0. The summed E-state index contributed by atoms with van der Waals surface area (Å²) >= 11 is 0. The zero-order valence-electron chi connectivity index (χ0n) is 7.40. The summed E-state index contributed by atoms with van der Waals surface area (Å²) in [6.07, 6.45) is 6.12. The Labute approximate surface area is 77.7 Å². The molecule has 0 atom stereocenters. The topological polar surface area (TPSA) is 46.2 Å². The van der Waals surface area contributed by atoms with Gasteiger partial charge in [0.05, 0.1) is 0 Å². The predicted octanol–water partition coefficient (Wildman–Crippen LogP) is 1.90. The Morgan fingerprint density at radius 1 is 1.38 bits per heavy atom. The van der Waals surface area contributed by atoms with E-state index >= 15 is 0 Å². The van der Waals surface area contributed by atoms with Gasteiger partial charge < -0.3 is 10.8 Å². The Morgan fingerprint density at radius 2 is 2.15 bits per heavy atom. The molecule has 0 aliphatic heterocycles. The lowest BCUT2D eigenvalue weighted by atomic mass is 10.1. The van der Waals surface area contributed by atoms with E-state index in [4.69, 9.17) is 5.73 Å². The molecule has 1 aromatic carbocycles. The molecule has 1 saturated carbocycles. The van der Waals surface area contributed by atoms with Crippen LogP contribution in [-0.2, 0) is 0 Å². The third kappa shape index (κ3) is 2.10. The molecule has 1 aliphatic rings. The van der Waals surface area contributed by atoms with Crippen molar-refractivity contribution in [3.63, 3.8) is 0 Å². The summed E-state index contributed by atoms with van der Waals surface area (Å²) in [5.74, 6) is 0.295. The second-order valence-corrected chi connectivity index (χ2v) is 3.66. The van der Waals surface area contributed by atoms with Gasteiger partial charge in [-0.05, 0) is 30.5 Å². The van der Waals surface area contributed by atoms with E-state index in [-0.39, 0.29) is 5.54 Å². The quantitative estimate of drug-likeness (QED) is 0.721. The number of phenols is 1. The van der Waals surface area contributed by atoms with Crippen molar-refractivity contribution in [2.45, 2.75) is 18.4 Å². The lowest BCUT2D eigenvalue weighted by molar-refractivity contribution is 0.475. The van der Waals surface area contributed by atoms with Gasteiger partial charge in [-0.25, -0.2) is 0 Å². The number of aromatic hydroxyl groups is 1. The third-order valence-corrected chi connectivity index (χ3v) is 2.31. The summed E-state index contributed by atoms with van der Waals surface area (Å²) in [6, 6.07) is 7.15. The van der Waals surface area contributed by atoms with Crippen LogP contribution in [0.5, 0.6) is 5.75 Å². The van der Waals surface area contributed by atoms with Gasteiger partial charge in [0.25, 0.3) is 0 Å². The van der Waals surface area contributed by atoms with E-state index in [1.165, 1.54) is 0 Å². The summed E-state index contributed by atoms with van der Waals surface area (Å²) in [7, 11) is 0. The third-order valence-electron chi connectivity index (χ3n) is 2.31. The predicted molar refractivity (Wildman–Crippen MR) is 53.3 cm³/mol. The van der Waals surface area contributed by atoms with Gasteiger partial charge in [0.1, 0.15) is 5.75 Å². The highest BCUT2D eigenvalue weighted by Crippen LogP contribution is 2.34. The molecule has 0 amide bonds. The van der Waals surface area contributed by atoms with Gasteiger partial charge in [-0.1, -0.05) is 24.3 Å². The lowest BCUT2D eigenvalue weighted by Gasteiger charge is -1.99. The second-order valence-electron chi connectivity index (χ2n) is 3.66. The van der Waals surface area contributed by atoms with Crippen LogP contribution in [0, 0.1) is 0 Å². The minimum atomic E-state index is -0.0640. The summed E-state index contributed by atoms with van der Waals surface area (Å²) in [4.78, 5) is 0. The van der Waals surface area contributed by atoms with Crippen LogP contribution < -0.4 is 5.73 Å². The molecule has 0 bridgehead atoms. The molecule has 0 saturated heterocycles. The first-order valence-electron chi connectivity index (χ1n) is 4.45. The van der Waals surface area contributed by atoms with Crippen LogP contribution in [0.3, 0.4) is 0 Å². The molecule has 0 aromatic heterocycles. The van der Waals surface area contributed by atoms with E-state index in [2.05, 4.69) is 0 Å². The van der Waals surface area contributed by atoms with Crippen LogP contribution in [0.1, 0.15) is 18.4 Å².